The molecule has 122 valence electrons. The summed E-state index contributed by atoms with van der Waals surface area (Å²) in [7, 11) is 1.55. The van der Waals surface area contributed by atoms with Crippen LogP contribution in [0.3, 0.4) is 0 Å². The average Bonchev–Trinajstić information content (AvgIpc) is 2.49. The predicted molar refractivity (Wildman–Crippen MR) is 87.2 cm³/mol. The van der Waals surface area contributed by atoms with Gasteiger partial charge < -0.3 is 14.8 Å². The zero-order chi connectivity index (χ0) is 16.5. The number of methoxy groups -OCH3 is 1. The number of amides is 1. The maximum Gasteiger partial charge on any atom is 0.319 e. The number of ether oxygens (including phenoxy) is 2. The molecule has 0 heterocycles. The van der Waals surface area contributed by atoms with Crippen molar-refractivity contribution in [1.29, 1.82) is 0 Å². The van der Waals surface area contributed by atoms with Gasteiger partial charge >= 0.3 is 5.97 Å². The van der Waals surface area contributed by atoms with Crippen LogP contribution in [-0.2, 0) is 19.1 Å². The van der Waals surface area contributed by atoms with Gasteiger partial charge in [0.1, 0.15) is 5.25 Å². The summed E-state index contributed by atoms with van der Waals surface area (Å²) in [4.78, 5) is 24.6. The van der Waals surface area contributed by atoms with Gasteiger partial charge in [-0.05, 0) is 38.1 Å². The molecule has 7 heteroatoms. The van der Waals surface area contributed by atoms with Crippen molar-refractivity contribution in [1.82, 2.24) is 5.32 Å². The SMILES string of the molecule is COCCNC(=O)[C@H](C)OC(=O)[C@H](C)Sc1ccc(Cl)cc1. The van der Waals surface area contributed by atoms with E-state index in [9.17, 15) is 9.59 Å². The molecule has 1 N–H and O–H groups in total. The van der Waals surface area contributed by atoms with E-state index in [1.165, 1.54) is 11.8 Å². The molecule has 2 atom stereocenters. The summed E-state index contributed by atoms with van der Waals surface area (Å²) < 4.78 is 9.99. The molecule has 0 aliphatic rings. The third-order valence-corrected chi connectivity index (χ3v) is 4.07. The lowest BCUT2D eigenvalue weighted by atomic mass is 10.3. The lowest BCUT2D eigenvalue weighted by molar-refractivity contribution is -0.154. The molecule has 5 nitrogen and oxygen atoms in total. The van der Waals surface area contributed by atoms with Gasteiger partial charge in [0.2, 0.25) is 0 Å². The van der Waals surface area contributed by atoms with E-state index < -0.39 is 17.3 Å². The van der Waals surface area contributed by atoms with Crippen molar-refractivity contribution >= 4 is 35.2 Å². The van der Waals surface area contributed by atoms with Crippen LogP contribution >= 0.6 is 23.4 Å². The maximum absolute atomic E-state index is 12.0. The maximum atomic E-state index is 12.0. The summed E-state index contributed by atoms with van der Waals surface area (Å²) in [6, 6.07) is 7.18. The van der Waals surface area contributed by atoms with Crippen molar-refractivity contribution in [3.8, 4) is 0 Å². The Morgan fingerprint density at radius 2 is 1.91 bits per heavy atom. The summed E-state index contributed by atoms with van der Waals surface area (Å²) >= 11 is 7.16. The molecule has 1 rings (SSSR count). The lowest BCUT2D eigenvalue weighted by Crippen LogP contribution is -2.38. The number of nitrogens with one attached hydrogen (secondary N) is 1. The Bertz CT molecular complexity index is 495. The predicted octanol–water partition coefficient (Wildman–Crippen LogP) is 2.51. The summed E-state index contributed by atoms with van der Waals surface area (Å²) in [6.07, 6.45) is -0.836. The molecule has 1 aromatic rings. The first kappa shape index (κ1) is 18.8. The van der Waals surface area contributed by atoms with Gasteiger partial charge in [0.15, 0.2) is 6.10 Å². The minimum Gasteiger partial charge on any atom is -0.452 e. The number of hydrogen-bond donors (Lipinski definition) is 1. The van der Waals surface area contributed by atoms with Crippen LogP contribution in [0, 0.1) is 0 Å². The average molecular weight is 346 g/mol. The van der Waals surface area contributed by atoms with E-state index >= 15 is 0 Å². The molecule has 1 amide bonds. The van der Waals surface area contributed by atoms with Crippen molar-refractivity contribution in [3.63, 3.8) is 0 Å². The number of halogens is 1. The number of rotatable bonds is 8. The van der Waals surface area contributed by atoms with E-state index in [-0.39, 0.29) is 5.91 Å². The van der Waals surface area contributed by atoms with Gasteiger partial charge in [-0.1, -0.05) is 11.6 Å². The smallest absolute Gasteiger partial charge is 0.319 e. The molecule has 0 spiro atoms. The van der Waals surface area contributed by atoms with E-state index in [2.05, 4.69) is 5.32 Å². The first-order valence-electron chi connectivity index (χ1n) is 6.83. The number of carbonyl (C=O) groups excluding carboxylic acids is 2. The van der Waals surface area contributed by atoms with Crippen molar-refractivity contribution in [2.45, 2.75) is 30.1 Å². The van der Waals surface area contributed by atoms with Gasteiger partial charge in [-0.15, -0.1) is 11.8 Å². The standard InChI is InChI=1S/C15H20ClNO4S/c1-10(14(18)17-8-9-20-3)21-15(19)11(2)22-13-6-4-12(16)5-7-13/h4-7,10-11H,8-9H2,1-3H3,(H,17,18)/t10-,11-/m0/s1. The molecule has 0 saturated heterocycles. The molecule has 1 aromatic carbocycles. The monoisotopic (exact) mass is 345 g/mol. The highest BCUT2D eigenvalue weighted by molar-refractivity contribution is 8.00. The van der Waals surface area contributed by atoms with E-state index in [0.29, 0.717) is 18.2 Å². The number of thioether (sulfide) groups is 1. The first-order valence-corrected chi connectivity index (χ1v) is 8.09. The van der Waals surface area contributed by atoms with Crippen LogP contribution in [0.15, 0.2) is 29.2 Å². The Labute approximate surface area is 139 Å². The Balaban J connectivity index is 2.42. The quantitative estimate of drug-likeness (QED) is 0.445. The van der Waals surface area contributed by atoms with Crippen molar-refractivity contribution < 1.29 is 19.1 Å². The molecule has 0 unspecified atom stereocenters. The van der Waals surface area contributed by atoms with E-state index in [0.717, 1.165) is 4.90 Å². The van der Waals surface area contributed by atoms with E-state index in [4.69, 9.17) is 21.1 Å². The number of benzene rings is 1. The lowest BCUT2D eigenvalue weighted by Gasteiger charge is -2.16. The number of esters is 1. The fraction of sp³-hybridized carbons (Fsp3) is 0.467. The van der Waals surface area contributed by atoms with Gasteiger partial charge in [0.25, 0.3) is 5.91 Å². The van der Waals surface area contributed by atoms with Crippen LogP contribution in [0.5, 0.6) is 0 Å². The largest absolute Gasteiger partial charge is 0.452 e. The van der Waals surface area contributed by atoms with Gasteiger partial charge in [-0.25, -0.2) is 0 Å². The van der Waals surface area contributed by atoms with Crippen LogP contribution in [0.1, 0.15) is 13.8 Å². The first-order chi connectivity index (χ1) is 10.4. The molecule has 0 aliphatic heterocycles. The highest BCUT2D eigenvalue weighted by atomic mass is 35.5. The normalized spacial score (nSPS) is 13.3. The second-order valence-corrected chi connectivity index (χ2v) is 6.43. The summed E-state index contributed by atoms with van der Waals surface area (Å²) in [5.41, 5.74) is 0. The second kappa shape index (κ2) is 9.71. The van der Waals surface area contributed by atoms with Crippen molar-refractivity contribution in [2.24, 2.45) is 0 Å². The van der Waals surface area contributed by atoms with Gasteiger partial charge in [0.05, 0.1) is 6.61 Å². The van der Waals surface area contributed by atoms with E-state index in [1.807, 2.05) is 12.1 Å². The van der Waals surface area contributed by atoms with Gasteiger partial charge in [0, 0.05) is 23.6 Å². The van der Waals surface area contributed by atoms with E-state index in [1.54, 1.807) is 33.1 Å². The van der Waals surface area contributed by atoms with Crippen LogP contribution in [0.25, 0.3) is 0 Å². The van der Waals surface area contributed by atoms with Crippen LogP contribution < -0.4 is 5.32 Å². The number of carbonyl (C=O) groups is 2. The molecule has 22 heavy (non-hydrogen) atoms. The fourth-order valence-corrected chi connectivity index (χ4v) is 2.49. The van der Waals surface area contributed by atoms with Gasteiger partial charge in [-0.3, -0.25) is 9.59 Å². The molecule has 0 aromatic heterocycles. The van der Waals surface area contributed by atoms with Crippen LogP contribution in [0.2, 0.25) is 5.02 Å². The topological polar surface area (TPSA) is 64.6 Å². The molecular formula is C15H20ClNO4S. The third-order valence-electron chi connectivity index (χ3n) is 2.73. The highest BCUT2D eigenvalue weighted by Crippen LogP contribution is 2.25. The Hall–Kier alpha value is -1.24. The molecule has 0 radical (unpaired) electrons. The summed E-state index contributed by atoms with van der Waals surface area (Å²) in [5.74, 6) is -0.775. The van der Waals surface area contributed by atoms with Crippen molar-refractivity contribution in [3.05, 3.63) is 29.3 Å². The fourth-order valence-electron chi connectivity index (χ4n) is 1.51. The van der Waals surface area contributed by atoms with Crippen molar-refractivity contribution in [2.75, 3.05) is 20.3 Å². The molecular weight excluding hydrogens is 326 g/mol. The zero-order valence-electron chi connectivity index (χ0n) is 12.8. The highest BCUT2D eigenvalue weighted by Gasteiger charge is 2.22. The Kier molecular flexibility index (Phi) is 8.30. The number of hydrogen-bond acceptors (Lipinski definition) is 5. The molecule has 0 fully saturated rings. The minimum atomic E-state index is -0.836. The zero-order valence-corrected chi connectivity index (χ0v) is 14.4. The summed E-state index contributed by atoms with van der Waals surface area (Å²) in [6.45, 7) is 4.07. The molecule has 0 bridgehead atoms. The molecule has 0 aliphatic carbocycles. The molecule has 0 saturated carbocycles. The second-order valence-electron chi connectivity index (χ2n) is 4.58. The van der Waals surface area contributed by atoms with Gasteiger partial charge in [-0.2, -0.15) is 0 Å². The Morgan fingerprint density at radius 3 is 2.50 bits per heavy atom. The van der Waals surface area contributed by atoms with Crippen LogP contribution in [0.4, 0.5) is 0 Å². The summed E-state index contributed by atoms with van der Waals surface area (Å²) in [5, 5.41) is 2.84. The Morgan fingerprint density at radius 1 is 1.27 bits per heavy atom. The van der Waals surface area contributed by atoms with Crippen LogP contribution in [-0.4, -0.2) is 43.5 Å². The minimum absolute atomic E-state index is 0.339. The third kappa shape index (κ3) is 6.68.